The second kappa shape index (κ2) is 7.09. The fraction of sp³-hybridized carbons (Fsp3) is 0.421. The molecule has 2 heterocycles. The first-order valence-electron chi connectivity index (χ1n) is 8.56. The standard InChI is InChI=1S/C19H23N3O3/c1-13(2)10-22-17(8-9-20-22)18(23)21-11-15(16(12-21)19(24)25)14-6-4-3-5-7-14/h3-9,13,15-16H,10-12H2,1-2H3,(H,24,25)/t15-,16+/m0/s1. The molecule has 0 bridgehead atoms. The summed E-state index contributed by atoms with van der Waals surface area (Å²) in [6.45, 7) is 5.43. The molecule has 1 amide bonds. The summed E-state index contributed by atoms with van der Waals surface area (Å²) < 4.78 is 1.71. The van der Waals surface area contributed by atoms with Gasteiger partial charge in [0.15, 0.2) is 0 Å². The van der Waals surface area contributed by atoms with Gasteiger partial charge in [-0.15, -0.1) is 0 Å². The molecule has 132 valence electrons. The van der Waals surface area contributed by atoms with Gasteiger partial charge in [-0.25, -0.2) is 0 Å². The molecule has 1 aromatic heterocycles. The highest BCUT2D eigenvalue weighted by atomic mass is 16.4. The second-order valence-electron chi connectivity index (χ2n) is 6.96. The molecule has 0 aliphatic carbocycles. The Morgan fingerprint density at radius 1 is 1.20 bits per heavy atom. The molecule has 1 aromatic carbocycles. The number of aliphatic carboxylic acids is 1. The maximum Gasteiger partial charge on any atom is 0.308 e. The summed E-state index contributed by atoms with van der Waals surface area (Å²) in [4.78, 5) is 26.3. The third-order valence-corrected chi connectivity index (χ3v) is 4.63. The van der Waals surface area contributed by atoms with E-state index in [9.17, 15) is 14.7 Å². The van der Waals surface area contributed by atoms with Crippen LogP contribution in [0.2, 0.25) is 0 Å². The van der Waals surface area contributed by atoms with Crippen LogP contribution in [0.15, 0.2) is 42.6 Å². The Labute approximate surface area is 147 Å². The number of hydrogen-bond acceptors (Lipinski definition) is 3. The lowest BCUT2D eigenvalue weighted by molar-refractivity contribution is -0.141. The lowest BCUT2D eigenvalue weighted by Gasteiger charge is -2.18. The van der Waals surface area contributed by atoms with Crippen LogP contribution in [0.1, 0.15) is 35.8 Å². The average Bonchev–Trinajstić information content (AvgIpc) is 3.21. The summed E-state index contributed by atoms with van der Waals surface area (Å²) >= 11 is 0. The number of carboxylic acids is 1. The number of benzene rings is 1. The largest absolute Gasteiger partial charge is 0.481 e. The van der Waals surface area contributed by atoms with Gasteiger partial charge in [0.05, 0.1) is 5.92 Å². The third-order valence-electron chi connectivity index (χ3n) is 4.63. The van der Waals surface area contributed by atoms with Crippen molar-refractivity contribution in [2.24, 2.45) is 11.8 Å². The van der Waals surface area contributed by atoms with E-state index in [-0.39, 0.29) is 18.4 Å². The molecular weight excluding hydrogens is 318 g/mol. The fourth-order valence-electron chi connectivity index (χ4n) is 3.43. The summed E-state index contributed by atoms with van der Waals surface area (Å²) in [6, 6.07) is 11.3. The van der Waals surface area contributed by atoms with Crippen molar-refractivity contribution in [3.63, 3.8) is 0 Å². The predicted octanol–water partition coefficient (Wildman–Crippen LogP) is 2.48. The molecule has 0 spiro atoms. The van der Waals surface area contributed by atoms with E-state index >= 15 is 0 Å². The summed E-state index contributed by atoms with van der Waals surface area (Å²) in [5.41, 5.74) is 1.48. The average molecular weight is 341 g/mol. The van der Waals surface area contributed by atoms with Gasteiger partial charge in [-0.05, 0) is 17.5 Å². The predicted molar refractivity (Wildman–Crippen MR) is 93.3 cm³/mol. The topological polar surface area (TPSA) is 75.4 Å². The number of carboxylic acid groups (broad SMARTS) is 1. The Morgan fingerprint density at radius 3 is 2.56 bits per heavy atom. The highest BCUT2D eigenvalue weighted by Crippen LogP contribution is 2.33. The molecule has 1 fully saturated rings. The van der Waals surface area contributed by atoms with E-state index in [1.54, 1.807) is 21.8 Å². The fourth-order valence-corrected chi connectivity index (χ4v) is 3.43. The SMILES string of the molecule is CC(C)Cn1nccc1C(=O)N1C[C@@H](C(=O)O)[C@H](c2ccccc2)C1. The molecule has 1 saturated heterocycles. The van der Waals surface area contributed by atoms with E-state index in [0.29, 0.717) is 24.7 Å². The van der Waals surface area contributed by atoms with E-state index in [1.807, 2.05) is 30.3 Å². The quantitative estimate of drug-likeness (QED) is 0.906. The van der Waals surface area contributed by atoms with Gasteiger partial charge in [-0.1, -0.05) is 44.2 Å². The number of carbonyl (C=O) groups is 2. The summed E-state index contributed by atoms with van der Waals surface area (Å²) in [5.74, 6) is -1.42. The third kappa shape index (κ3) is 3.57. The Morgan fingerprint density at radius 2 is 1.92 bits per heavy atom. The van der Waals surface area contributed by atoms with Crippen LogP contribution in [0.25, 0.3) is 0 Å². The van der Waals surface area contributed by atoms with Crippen molar-refractivity contribution in [3.05, 3.63) is 53.9 Å². The minimum Gasteiger partial charge on any atom is -0.481 e. The van der Waals surface area contributed by atoms with E-state index < -0.39 is 11.9 Å². The molecule has 3 rings (SSSR count). The normalized spacial score (nSPS) is 20.2. The first-order chi connectivity index (χ1) is 12.0. The van der Waals surface area contributed by atoms with Gasteiger partial charge < -0.3 is 10.0 Å². The smallest absolute Gasteiger partial charge is 0.308 e. The molecule has 6 heteroatoms. The van der Waals surface area contributed by atoms with Crippen LogP contribution in [0.3, 0.4) is 0 Å². The maximum atomic E-state index is 12.9. The molecule has 0 radical (unpaired) electrons. The Hall–Kier alpha value is -2.63. The highest BCUT2D eigenvalue weighted by molar-refractivity contribution is 5.93. The minimum atomic E-state index is -0.861. The molecule has 1 aliphatic heterocycles. The second-order valence-corrected chi connectivity index (χ2v) is 6.96. The molecule has 2 atom stereocenters. The van der Waals surface area contributed by atoms with Crippen molar-refractivity contribution in [1.82, 2.24) is 14.7 Å². The van der Waals surface area contributed by atoms with E-state index in [4.69, 9.17) is 0 Å². The van der Waals surface area contributed by atoms with E-state index in [1.165, 1.54) is 0 Å². The van der Waals surface area contributed by atoms with E-state index in [2.05, 4.69) is 18.9 Å². The molecule has 1 aliphatic rings. The number of nitrogens with zero attached hydrogens (tertiary/aromatic N) is 3. The number of amides is 1. The number of likely N-dealkylation sites (tertiary alicyclic amines) is 1. The van der Waals surface area contributed by atoms with Crippen LogP contribution in [-0.2, 0) is 11.3 Å². The summed E-state index contributed by atoms with van der Waals surface area (Å²) in [7, 11) is 0. The van der Waals surface area contributed by atoms with Crippen LogP contribution in [0.5, 0.6) is 0 Å². The van der Waals surface area contributed by atoms with Crippen LogP contribution >= 0.6 is 0 Å². The first-order valence-corrected chi connectivity index (χ1v) is 8.56. The molecule has 2 aromatic rings. The van der Waals surface area contributed by atoms with Crippen molar-refractivity contribution in [1.29, 1.82) is 0 Å². The zero-order valence-electron chi connectivity index (χ0n) is 14.5. The monoisotopic (exact) mass is 341 g/mol. The number of carbonyl (C=O) groups excluding carboxylic acids is 1. The lowest BCUT2D eigenvalue weighted by Crippen LogP contribution is -2.32. The van der Waals surface area contributed by atoms with Gasteiger partial charge in [0.2, 0.25) is 0 Å². The zero-order valence-corrected chi connectivity index (χ0v) is 14.5. The summed E-state index contributed by atoms with van der Waals surface area (Å²) in [6.07, 6.45) is 1.62. The van der Waals surface area contributed by atoms with Crippen LogP contribution in [0.4, 0.5) is 0 Å². The molecule has 0 unspecified atom stereocenters. The zero-order chi connectivity index (χ0) is 18.0. The van der Waals surface area contributed by atoms with Crippen molar-refractivity contribution >= 4 is 11.9 Å². The summed E-state index contributed by atoms with van der Waals surface area (Å²) in [5, 5.41) is 13.8. The Bertz CT molecular complexity index is 754. The van der Waals surface area contributed by atoms with Crippen molar-refractivity contribution in [2.75, 3.05) is 13.1 Å². The molecule has 1 N–H and O–H groups in total. The van der Waals surface area contributed by atoms with Crippen molar-refractivity contribution in [2.45, 2.75) is 26.3 Å². The molecule has 6 nitrogen and oxygen atoms in total. The Balaban J connectivity index is 1.83. The van der Waals surface area contributed by atoms with Crippen molar-refractivity contribution in [3.8, 4) is 0 Å². The highest BCUT2D eigenvalue weighted by Gasteiger charge is 2.41. The van der Waals surface area contributed by atoms with Gasteiger partial charge in [-0.2, -0.15) is 5.10 Å². The van der Waals surface area contributed by atoms with Crippen LogP contribution in [-0.4, -0.2) is 44.8 Å². The van der Waals surface area contributed by atoms with Gasteiger partial charge in [0.25, 0.3) is 5.91 Å². The minimum absolute atomic E-state index is 0.150. The van der Waals surface area contributed by atoms with Gasteiger partial charge in [-0.3, -0.25) is 14.3 Å². The molecule has 25 heavy (non-hydrogen) atoms. The maximum absolute atomic E-state index is 12.9. The lowest BCUT2D eigenvalue weighted by atomic mass is 9.89. The number of aromatic nitrogens is 2. The van der Waals surface area contributed by atoms with Crippen LogP contribution < -0.4 is 0 Å². The van der Waals surface area contributed by atoms with Gasteiger partial charge in [0.1, 0.15) is 5.69 Å². The molecule has 0 saturated carbocycles. The Kier molecular flexibility index (Phi) is 4.88. The number of hydrogen-bond donors (Lipinski definition) is 1. The first kappa shape index (κ1) is 17.2. The van der Waals surface area contributed by atoms with Crippen LogP contribution in [0, 0.1) is 11.8 Å². The van der Waals surface area contributed by atoms with Crippen molar-refractivity contribution < 1.29 is 14.7 Å². The van der Waals surface area contributed by atoms with Gasteiger partial charge in [0, 0.05) is 31.7 Å². The van der Waals surface area contributed by atoms with Gasteiger partial charge >= 0.3 is 5.97 Å². The number of rotatable bonds is 5. The molecular formula is C19H23N3O3. The van der Waals surface area contributed by atoms with E-state index in [0.717, 1.165) is 5.56 Å².